The average molecular weight is 389 g/mol. The Morgan fingerprint density at radius 1 is 1.17 bits per heavy atom. The number of aryl methyl sites for hydroxylation is 1. The van der Waals surface area contributed by atoms with Crippen LogP contribution < -0.4 is 5.32 Å². The third kappa shape index (κ3) is 3.16. The van der Waals surface area contributed by atoms with Crippen molar-refractivity contribution in [1.82, 2.24) is 0 Å². The number of hydrogen-bond donors (Lipinski definition) is 1. The summed E-state index contributed by atoms with van der Waals surface area (Å²) < 4.78 is 2.16. The molecule has 1 N–H and O–H groups in total. The molecule has 96 valence electrons. The molecule has 18 heavy (non-hydrogen) atoms. The molecule has 1 atom stereocenters. The summed E-state index contributed by atoms with van der Waals surface area (Å²) in [6.07, 6.45) is 1.11. The second-order valence-electron chi connectivity index (χ2n) is 4.12. The Morgan fingerprint density at radius 2 is 1.83 bits per heavy atom. The zero-order valence-electron chi connectivity index (χ0n) is 10.3. The van der Waals surface area contributed by atoms with Crippen LogP contribution in [0.3, 0.4) is 0 Å². The van der Waals surface area contributed by atoms with Gasteiger partial charge in [-0.1, -0.05) is 13.0 Å². The Labute approximate surface area is 129 Å². The first kappa shape index (κ1) is 14.1. The molecule has 0 saturated carbocycles. The predicted molar refractivity (Wildman–Crippen MR) is 87.6 cm³/mol. The fraction of sp³-hybridized carbons (Fsp3) is 0.286. The van der Waals surface area contributed by atoms with Gasteiger partial charge < -0.3 is 5.32 Å². The summed E-state index contributed by atoms with van der Waals surface area (Å²) in [5.74, 6) is 0. The zero-order chi connectivity index (χ0) is 13.1. The zero-order valence-corrected chi connectivity index (χ0v) is 14.3. The molecule has 1 heterocycles. The first-order valence-corrected chi connectivity index (χ1v) is 8.31. The number of para-hydroxylation sites is 1. The van der Waals surface area contributed by atoms with Gasteiger partial charge in [0, 0.05) is 18.7 Å². The van der Waals surface area contributed by atoms with E-state index >= 15 is 0 Å². The molecule has 0 bridgehead atoms. The number of hydrogen-bond acceptors (Lipinski definition) is 2. The number of anilines is 1. The van der Waals surface area contributed by atoms with Crippen molar-refractivity contribution in [2.75, 3.05) is 5.32 Å². The standard InChI is InChI=1S/C14H15Br2NS/c1-3-10-7-8-13(18-10)9(2)17-14-11(15)5-4-6-12(14)16/h4-9,17H,3H2,1-2H3. The van der Waals surface area contributed by atoms with Crippen molar-refractivity contribution in [2.24, 2.45) is 0 Å². The Bertz CT molecular complexity index is 516. The topological polar surface area (TPSA) is 12.0 Å². The lowest BCUT2D eigenvalue weighted by Gasteiger charge is -2.16. The SMILES string of the molecule is CCc1ccc(C(C)Nc2c(Br)cccc2Br)s1. The number of rotatable bonds is 4. The van der Waals surface area contributed by atoms with Gasteiger partial charge >= 0.3 is 0 Å². The number of benzene rings is 1. The molecular formula is C14H15Br2NS. The van der Waals surface area contributed by atoms with Crippen LogP contribution in [0.15, 0.2) is 39.3 Å². The normalized spacial score (nSPS) is 12.4. The van der Waals surface area contributed by atoms with Gasteiger partial charge in [0.25, 0.3) is 0 Å². The fourth-order valence-corrected chi connectivity index (χ4v) is 3.92. The lowest BCUT2D eigenvalue weighted by molar-refractivity contribution is 0.905. The minimum Gasteiger partial charge on any atom is -0.376 e. The summed E-state index contributed by atoms with van der Waals surface area (Å²) in [6, 6.07) is 10.9. The lowest BCUT2D eigenvalue weighted by Crippen LogP contribution is -2.05. The second kappa shape index (κ2) is 6.22. The van der Waals surface area contributed by atoms with E-state index < -0.39 is 0 Å². The van der Waals surface area contributed by atoms with E-state index in [-0.39, 0.29) is 0 Å². The highest BCUT2D eigenvalue weighted by Crippen LogP contribution is 2.34. The molecule has 1 aromatic carbocycles. The van der Waals surface area contributed by atoms with Crippen molar-refractivity contribution in [2.45, 2.75) is 26.3 Å². The van der Waals surface area contributed by atoms with Crippen molar-refractivity contribution >= 4 is 48.9 Å². The van der Waals surface area contributed by atoms with Gasteiger partial charge in [0.1, 0.15) is 0 Å². The van der Waals surface area contributed by atoms with E-state index in [4.69, 9.17) is 0 Å². The van der Waals surface area contributed by atoms with Crippen LogP contribution in [0.25, 0.3) is 0 Å². The van der Waals surface area contributed by atoms with Crippen molar-refractivity contribution in [3.63, 3.8) is 0 Å². The average Bonchev–Trinajstić information content (AvgIpc) is 2.82. The van der Waals surface area contributed by atoms with E-state index in [1.54, 1.807) is 0 Å². The van der Waals surface area contributed by atoms with E-state index in [1.807, 2.05) is 29.5 Å². The van der Waals surface area contributed by atoms with Gasteiger partial charge in [0.15, 0.2) is 0 Å². The first-order chi connectivity index (χ1) is 8.61. The van der Waals surface area contributed by atoms with Crippen LogP contribution in [0.1, 0.15) is 29.6 Å². The second-order valence-corrected chi connectivity index (χ2v) is 7.03. The summed E-state index contributed by atoms with van der Waals surface area (Å²) in [5, 5.41) is 3.55. The molecular weight excluding hydrogens is 374 g/mol. The van der Waals surface area contributed by atoms with Crippen LogP contribution >= 0.6 is 43.2 Å². The fourth-order valence-electron chi connectivity index (χ4n) is 1.74. The Balaban J connectivity index is 2.18. The minimum atomic E-state index is 0.310. The molecule has 0 saturated heterocycles. The van der Waals surface area contributed by atoms with Gasteiger partial charge in [-0.15, -0.1) is 11.3 Å². The third-order valence-electron chi connectivity index (χ3n) is 2.78. The van der Waals surface area contributed by atoms with Crippen molar-refractivity contribution in [1.29, 1.82) is 0 Å². The molecule has 0 aliphatic rings. The van der Waals surface area contributed by atoms with Gasteiger partial charge in [0.2, 0.25) is 0 Å². The smallest absolute Gasteiger partial charge is 0.0633 e. The van der Waals surface area contributed by atoms with Crippen molar-refractivity contribution in [3.05, 3.63) is 49.0 Å². The van der Waals surface area contributed by atoms with Crippen molar-refractivity contribution < 1.29 is 0 Å². The van der Waals surface area contributed by atoms with Crippen molar-refractivity contribution in [3.8, 4) is 0 Å². The summed E-state index contributed by atoms with van der Waals surface area (Å²) in [6.45, 7) is 4.38. The van der Waals surface area contributed by atoms with E-state index in [2.05, 4.69) is 63.2 Å². The highest BCUT2D eigenvalue weighted by Gasteiger charge is 2.11. The molecule has 2 aromatic rings. The molecule has 0 aliphatic heterocycles. The summed E-state index contributed by atoms with van der Waals surface area (Å²) in [4.78, 5) is 2.80. The van der Waals surface area contributed by atoms with Crippen LogP contribution in [-0.4, -0.2) is 0 Å². The van der Waals surface area contributed by atoms with Gasteiger partial charge in [-0.25, -0.2) is 0 Å². The highest BCUT2D eigenvalue weighted by molar-refractivity contribution is 9.11. The van der Waals surface area contributed by atoms with Crippen LogP contribution in [0.4, 0.5) is 5.69 Å². The highest BCUT2D eigenvalue weighted by atomic mass is 79.9. The Kier molecular flexibility index (Phi) is 4.87. The molecule has 0 spiro atoms. The largest absolute Gasteiger partial charge is 0.376 e. The minimum absolute atomic E-state index is 0.310. The van der Waals surface area contributed by atoms with Crippen LogP contribution in [0.2, 0.25) is 0 Å². The van der Waals surface area contributed by atoms with Crippen LogP contribution in [0.5, 0.6) is 0 Å². The van der Waals surface area contributed by atoms with Crippen LogP contribution in [-0.2, 0) is 6.42 Å². The van der Waals surface area contributed by atoms with Gasteiger partial charge in [-0.3, -0.25) is 0 Å². The Morgan fingerprint density at radius 3 is 2.39 bits per heavy atom. The van der Waals surface area contributed by atoms with E-state index in [0.717, 1.165) is 21.1 Å². The monoisotopic (exact) mass is 387 g/mol. The molecule has 0 fully saturated rings. The molecule has 4 heteroatoms. The molecule has 0 aliphatic carbocycles. The summed E-state index contributed by atoms with van der Waals surface area (Å²) in [7, 11) is 0. The van der Waals surface area contributed by atoms with E-state index in [9.17, 15) is 0 Å². The maximum absolute atomic E-state index is 3.58. The van der Waals surface area contributed by atoms with Gasteiger partial charge in [-0.05, 0) is 69.5 Å². The van der Waals surface area contributed by atoms with Gasteiger partial charge in [-0.2, -0.15) is 0 Å². The number of halogens is 2. The molecule has 1 unspecified atom stereocenters. The third-order valence-corrected chi connectivity index (χ3v) is 5.52. The molecule has 1 aromatic heterocycles. The summed E-state index contributed by atoms with van der Waals surface area (Å²) >= 11 is 9.03. The molecule has 2 rings (SSSR count). The maximum Gasteiger partial charge on any atom is 0.0633 e. The first-order valence-electron chi connectivity index (χ1n) is 5.91. The van der Waals surface area contributed by atoms with E-state index in [1.165, 1.54) is 9.75 Å². The summed E-state index contributed by atoms with van der Waals surface area (Å²) in [5.41, 5.74) is 1.11. The lowest BCUT2D eigenvalue weighted by atomic mass is 10.2. The molecule has 0 radical (unpaired) electrons. The predicted octanol–water partition coefficient (Wildman–Crippen LogP) is 6.01. The molecule has 0 amide bonds. The van der Waals surface area contributed by atoms with Crippen LogP contribution in [0, 0.1) is 0 Å². The van der Waals surface area contributed by atoms with Gasteiger partial charge in [0.05, 0.1) is 11.7 Å². The maximum atomic E-state index is 3.58. The quantitative estimate of drug-likeness (QED) is 0.676. The molecule has 1 nitrogen and oxygen atoms in total. The number of thiophene rings is 1. The number of nitrogens with one attached hydrogen (secondary N) is 1. The Hall–Kier alpha value is -0.320. The van der Waals surface area contributed by atoms with E-state index in [0.29, 0.717) is 6.04 Å².